The predicted octanol–water partition coefficient (Wildman–Crippen LogP) is 3.30. The number of amides is 1. The molecule has 2 heterocycles. The molecule has 36 heavy (non-hydrogen) atoms. The molecule has 0 unspecified atom stereocenters. The number of ether oxygens (including phenoxy) is 1. The molecule has 2 aromatic rings. The van der Waals surface area contributed by atoms with Crippen molar-refractivity contribution >= 4 is 16.0 Å². The highest BCUT2D eigenvalue weighted by Crippen LogP contribution is 2.38. The Hall–Kier alpha value is -3.13. The topological polar surface area (TPSA) is 140 Å². The summed E-state index contributed by atoms with van der Waals surface area (Å²) in [6.45, 7) is 7.56. The Morgan fingerprint density at radius 2 is 1.94 bits per heavy atom. The molecule has 2 aliphatic heterocycles. The van der Waals surface area contributed by atoms with E-state index in [-0.39, 0.29) is 34.6 Å². The first-order valence-electron chi connectivity index (χ1n) is 12.0. The van der Waals surface area contributed by atoms with E-state index in [1.54, 1.807) is 23.1 Å². The molecule has 3 N–H and O–H groups in total. The first-order valence-corrected chi connectivity index (χ1v) is 13.4. The van der Waals surface area contributed by atoms with E-state index in [4.69, 9.17) is 9.29 Å². The molecule has 0 radical (unpaired) electrons. The van der Waals surface area contributed by atoms with E-state index in [1.165, 1.54) is 12.1 Å². The molecular weight excluding hydrogens is 482 g/mol. The van der Waals surface area contributed by atoms with Crippen LogP contribution in [0.4, 0.5) is 0 Å². The van der Waals surface area contributed by atoms with E-state index in [2.05, 4.69) is 11.4 Å². The summed E-state index contributed by atoms with van der Waals surface area (Å²) in [5, 5.41) is 22.9. The summed E-state index contributed by atoms with van der Waals surface area (Å²) in [4.78, 5) is 14.4. The van der Waals surface area contributed by atoms with E-state index in [9.17, 15) is 23.6 Å². The average Bonchev–Trinajstić information content (AvgIpc) is 3.48. The van der Waals surface area contributed by atoms with Gasteiger partial charge in [-0.25, -0.2) is 0 Å². The number of carbonyl (C=O) groups excluding carboxylic acids is 1. The molecule has 9 nitrogen and oxygen atoms in total. The fourth-order valence-electron chi connectivity index (χ4n) is 4.75. The van der Waals surface area contributed by atoms with Gasteiger partial charge in [-0.3, -0.25) is 9.35 Å². The molecule has 1 amide bonds. The Morgan fingerprint density at radius 3 is 2.53 bits per heavy atom. The van der Waals surface area contributed by atoms with Crippen LogP contribution in [-0.2, 0) is 14.9 Å². The van der Waals surface area contributed by atoms with Crippen molar-refractivity contribution < 1.29 is 27.6 Å². The summed E-state index contributed by atoms with van der Waals surface area (Å²) in [6, 6.07) is 11.2. The monoisotopic (exact) mass is 515 g/mol. The SMILES string of the molecule is CCOc1cc(C)c([C@@H]2CN[C@H](C(=O)N3CCC[C@H]3C#N)C2)c(O)c1.Cc1ccc(S(=O)(=O)O)cc1. The molecule has 0 spiro atoms. The Bertz CT molecular complexity index is 1200. The van der Waals surface area contributed by atoms with Crippen molar-refractivity contribution in [3.8, 4) is 17.6 Å². The highest BCUT2D eigenvalue weighted by molar-refractivity contribution is 7.85. The molecule has 2 saturated heterocycles. The third-order valence-electron chi connectivity index (χ3n) is 6.49. The van der Waals surface area contributed by atoms with Gasteiger partial charge in [-0.2, -0.15) is 13.7 Å². The quantitative estimate of drug-likeness (QED) is 0.515. The van der Waals surface area contributed by atoms with Crippen LogP contribution >= 0.6 is 0 Å². The lowest BCUT2D eigenvalue weighted by atomic mass is 9.91. The first kappa shape index (κ1) is 27.5. The molecule has 194 valence electrons. The molecule has 0 saturated carbocycles. The third-order valence-corrected chi connectivity index (χ3v) is 7.36. The summed E-state index contributed by atoms with van der Waals surface area (Å²) in [5.74, 6) is 0.968. The van der Waals surface area contributed by atoms with Gasteiger partial charge in [0.15, 0.2) is 0 Å². The highest BCUT2D eigenvalue weighted by atomic mass is 32.2. The van der Waals surface area contributed by atoms with Gasteiger partial charge < -0.3 is 20.1 Å². The predicted molar refractivity (Wildman–Crippen MR) is 135 cm³/mol. The lowest BCUT2D eigenvalue weighted by Crippen LogP contribution is -2.45. The normalized spacial score (nSPS) is 21.4. The smallest absolute Gasteiger partial charge is 0.294 e. The Kier molecular flexibility index (Phi) is 8.95. The summed E-state index contributed by atoms with van der Waals surface area (Å²) in [5.41, 5.74) is 2.81. The van der Waals surface area contributed by atoms with Crippen LogP contribution < -0.4 is 10.1 Å². The number of aryl methyl sites for hydroxylation is 2. The number of nitrogens with one attached hydrogen (secondary N) is 1. The minimum atomic E-state index is -4.02. The molecule has 10 heteroatoms. The van der Waals surface area contributed by atoms with Gasteiger partial charge in [0.25, 0.3) is 10.1 Å². The van der Waals surface area contributed by atoms with E-state index >= 15 is 0 Å². The third kappa shape index (κ3) is 6.55. The number of nitriles is 1. The number of hydrogen-bond acceptors (Lipinski definition) is 7. The molecule has 0 aromatic heterocycles. The largest absolute Gasteiger partial charge is 0.508 e. The van der Waals surface area contributed by atoms with Crippen LogP contribution in [-0.4, -0.2) is 60.7 Å². The van der Waals surface area contributed by atoms with Gasteiger partial charge >= 0.3 is 0 Å². The molecule has 0 aliphatic carbocycles. The Labute approximate surface area is 212 Å². The second kappa shape index (κ2) is 11.7. The number of hydrogen-bond donors (Lipinski definition) is 3. The maximum Gasteiger partial charge on any atom is 0.294 e. The molecule has 4 rings (SSSR count). The summed E-state index contributed by atoms with van der Waals surface area (Å²) < 4.78 is 35.0. The number of rotatable bonds is 5. The molecule has 3 atom stereocenters. The minimum Gasteiger partial charge on any atom is -0.508 e. The number of phenols is 1. The van der Waals surface area contributed by atoms with Gasteiger partial charge in [-0.1, -0.05) is 17.7 Å². The zero-order valence-electron chi connectivity index (χ0n) is 20.8. The number of likely N-dealkylation sites (tertiary alicyclic amines) is 1. The van der Waals surface area contributed by atoms with Crippen molar-refractivity contribution in [1.82, 2.24) is 10.2 Å². The summed E-state index contributed by atoms with van der Waals surface area (Å²) in [6.07, 6.45) is 2.28. The van der Waals surface area contributed by atoms with Gasteiger partial charge in [0.05, 0.1) is 23.6 Å². The van der Waals surface area contributed by atoms with Crippen molar-refractivity contribution in [2.45, 2.75) is 62.9 Å². The Morgan fingerprint density at radius 1 is 1.25 bits per heavy atom. The van der Waals surface area contributed by atoms with Crippen LogP contribution in [0.25, 0.3) is 0 Å². The van der Waals surface area contributed by atoms with Gasteiger partial charge in [-0.05, 0) is 63.8 Å². The van der Waals surface area contributed by atoms with Crippen molar-refractivity contribution in [3.05, 3.63) is 53.1 Å². The van der Waals surface area contributed by atoms with Crippen LogP contribution in [0.15, 0.2) is 41.3 Å². The molecule has 2 aliphatic rings. The van der Waals surface area contributed by atoms with E-state index < -0.39 is 10.1 Å². The maximum absolute atomic E-state index is 12.7. The number of phenolic OH excluding ortho intramolecular Hbond substituents is 1. The van der Waals surface area contributed by atoms with Crippen molar-refractivity contribution in [3.63, 3.8) is 0 Å². The standard InChI is InChI=1S/C19H25N3O3.C7H8O3S/c1-3-25-15-7-12(2)18(17(23)9-15)13-8-16(21-11-13)19(24)22-6-4-5-14(22)10-20;1-6-2-4-7(5-3-6)11(8,9)10/h7,9,13-14,16,21,23H,3-6,8,11H2,1-2H3;2-5H,1H3,(H,8,9,10)/t13-,14-,16-;/m0./s1. The van der Waals surface area contributed by atoms with Gasteiger partial charge in [0, 0.05) is 30.6 Å². The van der Waals surface area contributed by atoms with Gasteiger partial charge in [-0.15, -0.1) is 0 Å². The zero-order chi connectivity index (χ0) is 26.5. The van der Waals surface area contributed by atoms with Crippen LogP contribution in [0, 0.1) is 25.2 Å². The van der Waals surface area contributed by atoms with Crippen molar-refractivity contribution in [2.24, 2.45) is 0 Å². The fraction of sp³-hybridized carbons (Fsp3) is 0.462. The molecule has 2 fully saturated rings. The van der Waals surface area contributed by atoms with Crippen LogP contribution in [0.1, 0.15) is 48.8 Å². The average molecular weight is 516 g/mol. The second-order valence-electron chi connectivity index (χ2n) is 9.11. The highest BCUT2D eigenvalue weighted by Gasteiger charge is 2.38. The maximum atomic E-state index is 12.7. The van der Waals surface area contributed by atoms with Crippen LogP contribution in [0.3, 0.4) is 0 Å². The van der Waals surface area contributed by atoms with E-state index in [1.807, 2.05) is 26.8 Å². The number of nitrogens with zero attached hydrogens (tertiary/aromatic N) is 2. The second-order valence-corrected chi connectivity index (χ2v) is 10.5. The minimum absolute atomic E-state index is 0.00892. The lowest BCUT2D eigenvalue weighted by Gasteiger charge is -2.23. The van der Waals surface area contributed by atoms with Crippen molar-refractivity contribution in [1.29, 1.82) is 5.26 Å². The van der Waals surface area contributed by atoms with Crippen LogP contribution in [0.5, 0.6) is 11.5 Å². The fourth-order valence-corrected chi connectivity index (χ4v) is 5.23. The molecule has 0 bridgehead atoms. The van der Waals surface area contributed by atoms with E-state index in [0.717, 1.165) is 29.5 Å². The molecule has 2 aromatic carbocycles. The van der Waals surface area contributed by atoms with Gasteiger partial charge in [0.1, 0.15) is 17.5 Å². The van der Waals surface area contributed by atoms with Gasteiger partial charge in [0.2, 0.25) is 5.91 Å². The summed E-state index contributed by atoms with van der Waals surface area (Å²) >= 11 is 0. The molecular formula is C26H33N3O6S. The number of aromatic hydroxyl groups is 1. The zero-order valence-corrected chi connectivity index (χ0v) is 21.6. The number of carbonyl (C=O) groups is 1. The number of benzene rings is 2. The van der Waals surface area contributed by atoms with E-state index in [0.29, 0.717) is 31.9 Å². The van der Waals surface area contributed by atoms with Crippen LogP contribution in [0.2, 0.25) is 0 Å². The Balaban J connectivity index is 0.000000275. The van der Waals surface area contributed by atoms with Crippen molar-refractivity contribution in [2.75, 3.05) is 19.7 Å². The lowest BCUT2D eigenvalue weighted by molar-refractivity contribution is -0.133. The summed E-state index contributed by atoms with van der Waals surface area (Å²) in [7, 11) is -4.02. The first-order chi connectivity index (χ1) is 17.0.